The number of hydrogen-bond donors (Lipinski definition) is 2. The van der Waals surface area contributed by atoms with E-state index in [1.54, 1.807) is 12.1 Å². The molecule has 82 valence electrons. The fourth-order valence-electron chi connectivity index (χ4n) is 1.59. The molecule has 16 heavy (non-hydrogen) atoms. The van der Waals surface area contributed by atoms with Crippen LogP contribution in [-0.4, -0.2) is 71.8 Å². The Morgan fingerprint density at radius 3 is 2.56 bits per heavy atom. The van der Waals surface area contributed by atoms with Gasteiger partial charge in [0.15, 0.2) is 0 Å². The second-order valence-corrected chi connectivity index (χ2v) is 3.45. The van der Waals surface area contributed by atoms with Gasteiger partial charge in [-0.1, -0.05) is 0 Å². The average Bonchev–Trinajstić information content (AvgIpc) is 2.30. The Hall–Kier alpha value is -0.620. The van der Waals surface area contributed by atoms with Crippen LogP contribution < -0.4 is 10.2 Å². The number of aromatic carboxylic acids is 1. The molecule has 2 heterocycles. The van der Waals surface area contributed by atoms with Crippen molar-refractivity contribution in [2.24, 2.45) is 0 Å². The summed E-state index contributed by atoms with van der Waals surface area (Å²) in [5, 5.41) is 12.0. The van der Waals surface area contributed by atoms with Crippen LogP contribution in [0.3, 0.4) is 0 Å². The van der Waals surface area contributed by atoms with E-state index in [1.165, 1.54) is 6.20 Å². The van der Waals surface area contributed by atoms with Crippen molar-refractivity contribution in [1.82, 2.24) is 10.3 Å². The van der Waals surface area contributed by atoms with E-state index in [0.29, 0.717) is 0 Å². The molecule has 0 saturated carbocycles. The van der Waals surface area contributed by atoms with Gasteiger partial charge in [-0.05, 0) is 12.1 Å². The number of rotatable bonds is 2. The van der Waals surface area contributed by atoms with Crippen LogP contribution in [0.4, 0.5) is 5.82 Å². The molecule has 2 rings (SSSR count). The summed E-state index contributed by atoms with van der Waals surface area (Å²) in [6, 6.07) is 3.35. The Labute approximate surface area is 116 Å². The molecule has 0 atom stereocenters. The molecule has 0 aliphatic carbocycles. The van der Waals surface area contributed by atoms with Crippen LogP contribution in [0.2, 0.25) is 0 Å². The number of hydrogen-bond acceptors (Lipinski definition) is 4. The van der Waals surface area contributed by atoms with Crippen molar-refractivity contribution in [1.29, 1.82) is 0 Å². The van der Waals surface area contributed by atoms with E-state index in [4.69, 9.17) is 5.11 Å². The predicted molar refractivity (Wildman–Crippen MR) is 63.4 cm³/mol. The van der Waals surface area contributed by atoms with Gasteiger partial charge in [-0.3, -0.25) is 0 Å². The quantitative estimate of drug-likeness (QED) is 0.674. The van der Waals surface area contributed by atoms with Gasteiger partial charge in [0.2, 0.25) is 0 Å². The van der Waals surface area contributed by atoms with Gasteiger partial charge in [-0.25, -0.2) is 9.78 Å². The minimum atomic E-state index is -0.936. The second kappa shape index (κ2) is 6.20. The van der Waals surface area contributed by atoms with Crippen LogP contribution in [0.1, 0.15) is 10.4 Å². The topological polar surface area (TPSA) is 65.5 Å². The molecule has 5 nitrogen and oxygen atoms in total. The number of carboxylic acids is 1. The number of pyridine rings is 1. The number of aromatic nitrogens is 1. The average molecular weight is 231 g/mol. The molecule has 0 amide bonds. The van der Waals surface area contributed by atoms with Crippen molar-refractivity contribution in [2.45, 2.75) is 0 Å². The number of carbonyl (C=O) groups is 1. The summed E-state index contributed by atoms with van der Waals surface area (Å²) in [5.74, 6) is -0.0872. The second-order valence-electron chi connectivity index (χ2n) is 3.45. The van der Waals surface area contributed by atoms with E-state index < -0.39 is 5.97 Å². The van der Waals surface area contributed by atoms with Gasteiger partial charge in [0.25, 0.3) is 0 Å². The summed E-state index contributed by atoms with van der Waals surface area (Å²) < 4.78 is 0. The molecule has 6 heteroatoms. The Morgan fingerprint density at radius 1 is 1.38 bits per heavy atom. The van der Waals surface area contributed by atoms with Crippen molar-refractivity contribution < 1.29 is 9.90 Å². The molecule has 1 fully saturated rings. The van der Waals surface area contributed by atoms with Crippen LogP contribution >= 0.6 is 0 Å². The zero-order valence-electron chi connectivity index (χ0n) is 8.31. The fraction of sp³-hybridized carbons (Fsp3) is 0.400. The van der Waals surface area contributed by atoms with Gasteiger partial charge < -0.3 is 15.3 Å². The first kappa shape index (κ1) is 13.4. The van der Waals surface area contributed by atoms with Crippen LogP contribution in [-0.2, 0) is 0 Å². The number of piperazine rings is 1. The summed E-state index contributed by atoms with van der Waals surface area (Å²) in [5.41, 5.74) is 0.230. The molecule has 1 aliphatic rings. The molecule has 1 aliphatic heterocycles. The van der Waals surface area contributed by atoms with E-state index in [9.17, 15) is 4.79 Å². The van der Waals surface area contributed by atoms with Crippen molar-refractivity contribution >= 4 is 41.3 Å². The summed E-state index contributed by atoms with van der Waals surface area (Å²) in [4.78, 5) is 16.9. The van der Waals surface area contributed by atoms with Crippen LogP contribution in [0.5, 0.6) is 0 Å². The molecule has 0 radical (unpaired) electrons. The maximum atomic E-state index is 10.6. The third-order valence-corrected chi connectivity index (χ3v) is 2.44. The van der Waals surface area contributed by atoms with E-state index in [2.05, 4.69) is 15.2 Å². The Balaban J connectivity index is 0.00000128. The zero-order chi connectivity index (χ0) is 10.7. The molecule has 1 saturated heterocycles. The van der Waals surface area contributed by atoms with Gasteiger partial charge in [0.05, 0.1) is 5.56 Å². The van der Waals surface area contributed by atoms with E-state index >= 15 is 0 Å². The number of nitrogens with one attached hydrogen (secondary N) is 1. The monoisotopic (exact) mass is 231 g/mol. The third kappa shape index (κ3) is 3.18. The molecule has 0 unspecified atom stereocenters. The number of anilines is 1. The SMILES string of the molecule is O=C(O)c1ccc(N2CCNCC2)nc1.[NaH]. The van der Waals surface area contributed by atoms with Crippen LogP contribution in [0, 0.1) is 0 Å². The van der Waals surface area contributed by atoms with E-state index in [-0.39, 0.29) is 35.1 Å². The fourth-order valence-corrected chi connectivity index (χ4v) is 1.59. The van der Waals surface area contributed by atoms with Gasteiger partial charge >= 0.3 is 35.5 Å². The predicted octanol–water partition coefficient (Wildman–Crippen LogP) is -0.459. The maximum absolute atomic E-state index is 10.6. The standard InChI is InChI=1S/C10H13N3O2.Na.H/c14-10(15)8-1-2-9(12-7-8)13-5-3-11-4-6-13;;/h1-2,7,11H,3-6H2,(H,14,15);;. The number of nitrogens with zero attached hydrogens (tertiary/aromatic N) is 2. The molecule has 0 bridgehead atoms. The first-order valence-electron chi connectivity index (χ1n) is 4.92. The van der Waals surface area contributed by atoms with Crippen LogP contribution in [0.25, 0.3) is 0 Å². The Kier molecular flexibility index (Phi) is 5.21. The van der Waals surface area contributed by atoms with Crippen LogP contribution in [0.15, 0.2) is 18.3 Å². The van der Waals surface area contributed by atoms with Gasteiger partial charge in [-0.2, -0.15) is 0 Å². The first-order chi connectivity index (χ1) is 7.27. The zero-order valence-corrected chi connectivity index (χ0v) is 8.31. The summed E-state index contributed by atoms with van der Waals surface area (Å²) in [7, 11) is 0. The van der Waals surface area contributed by atoms with Gasteiger partial charge in [-0.15, -0.1) is 0 Å². The summed E-state index contributed by atoms with van der Waals surface area (Å²) in [6.07, 6.45) is 1.40. The van der Waals surface area contributed by atoms with Gasteiger partial charge in [0, 0.05) is 32.4 Å². The Morgan fingerprint density at radius 2 is 2.06 bits per heavy atom. The van der Waals surface area contributed by atoms with Crippen molar-refractivity contribution in [3.05, 3.63) is 23.9 Å². The molecule has 1 aromatic rings. The van der Waals surface area contributed by atoms with Crippen molar-refractivity contribution in [3.8, 4) is 0 Å². The van der Waals surface area contributed by atoms with E-state index in [1.807, 2.05) is 0 Å². The van der Waals surface area contributed by atoms with Gasteiger partial charge in [0.1, 0.15) is 5.82 Å². The minimum absolute atomic E-state index is 0. The Bertz CT molecular complexity index is 350. The van der Waals surface area contributed by atoms with Crippen molar-refractivity contribution in [3.63, 3.8) is 0 Å². The number of carboxylic acid groups (broad SMARTS) is 1. The first-order valence-corrected chi connectivity index (χ1v) is 4.92. The molecule has 2 N–H and O–H groups in total. The molecule has 0 spiro atoms. The normalized spacial score (nSPS) is 15.4. The third-order valence-electron chi connectivity index (χ3n) is 2.44. The molecule has 0 aromatic carbocycles. The summed E-state index contributed by atoms with van der Waals surface area (Å²) >= 11 is 0. The van der Waals surface area contributed by atoms with Crippen molar-refractivity contribution in [2.75, 3.05) is 31.1 Å². The molecular weight excluding hydrogens is 217 g/mol. The summed E-state index contributed by atoms with van der Waals surface area (Å²) in [6.45, 7) is 3.73. The van der Waals surface area contributed by atoms with E-state index in [0.717, 1.165) is 32.0 Å². The molecular formula is C10H14N3NaO2. The molecule has 1 aromatic heterocycles.